The van der Waals surface area contributed by atoms with E-state index < -0.39 is 0 Å². The molecule has 0 spiro atoms. The largest absolute Gasteiger partial charge is 0.450 e. The number of pyridine rings is 1. The van der Waals surface area contributed by atoms with Gasteiger partial charge in [0.1, 0.15) is 11.6 Å². The van der Waals surface area contributed by atoms with Gasteiger partial charge in [-0.15, -0.1) is 0 Å². The molecule has 3 rings (SSSR count). The van der Waals surface area contributed by atoms with Crippen LogP contribution in [-0.2, 0) is 4.74 Å². The Labute approximate surface area is 141 Å². The summed E-state index contributed by atoms with van der Waals surface area (Å²) in [5, 5.41) is 0. The molecular formula is C17H21N5O2. The first-order chi connectivity index (χ1) is 11.7. The van der Waals surface area contributed by atoms with Crippen LogP contribution in [0.2, 0.25) is 0 Å². The SMILES string of the molecule is CCOC(=O)N1CCN(c2cc(-c3ccccn3)nc(C)n2)CC1. The highest BCUT2D eigenvalue weighted by Crippen LogP contribution is 2.21. The smallest absolute Gasteiger partial charge is 0.409 e. The third-order valence-electron chi connectivity index (χ3n) is 3.88. The Balaban J connectivity index is 1.74. The van der Waals surface area contributed by atoms with Crippen LogP contribution in [0.25, 0.3) is 11.4 Å². The van der Waals surface area contributed by atoms with Crippen LogP contribution in [0.1, 0.15) is 12.7 Å². The van der Waals surface area contributed by atoms with Gasteiger partial charge >= 0.3 is 6.09 Å². The van der Waals surface area contributed by atoms with Crippen molar-refractivity contribution in [2.24, 2.45) is 0 Å². The lowest BCUT2D eigenvalue weighted by molar-refractivity contribution is 0.105. The van der Waals surface area contributed by atoms with E-state index in [1.54, 1.807) is 11.1 Å². The number of aromatic nitrogens is 3. The lowest BCUT2D eigenvalue weighted by Gasteiger charge is -2.34. The predicted molar refractivity (Wildman–Crippen MR) is 90.8 cm³/mol. The molecule has 0 aromatic carbocycles. The number of hydrogen-bond donors (Lipinski definition) is 0. The summed E-state index contributed by atoms with van der Waals surface area (Å²) in [7, 11) is 0. The van der Waals surface area contributed by atoms with Crippen LogP contribution in [0.15, 0.2) is 30.5 Å². The maximum atomic E-state index is 11.8. The highest BCUT2D eigenvalue weighted by atomic mass is 16.6. The molecule has 0 unspecified atom stereocenters. The minimum atomic E-state index is -0.245. The molecule has 0 radical (unpaired) electrons. The summed E-state index contributed by atoms with van der Waals surface area (Å²) >= 11 is 0. The topological polar surface area (TPSA) is 71.5 Å². The standard InChI is InChI=1S/C17H21N5O2/c1-3-24-17(23)22-10-8-21(9-11-22)16-12-15(19-13(2)20-16)14-6-4-5-7-18-14/h4-7,12H,3,8-11H2,1-2H3. The number of rotatable bonds is 3. The lowest BCUT2D eigenvalue weighted by atomic mass is 10.2. The lowest BCUT2D eigenvalue weighted by Crippen LogP contribution is -2.49. The molecule has 1 aliphatic heterocycles. The molecular weight excluding hydrogens is 306 g/mol. The Morgan fingerprint density at radius 1 is 1.17 bits per heavy atom. The third kappa shape index (κ3) is 3.61. The molecule has 126 valence electrons. The normalized spacial score (nSPS) is 14.6. The summed E-state index contributed by atoms with van der Waals surface area (Å²) in [5.74, 6) is 1.58. The molecule has 0 saturated carbocycles. The molecule has 2 aromatic rings. The molecule has 0 aliphatic carbocycles. The second-order valence-electron chi connectivity index (χ2n) is 5.55. The first-order valence-electron chi connectivity index (χ1n) is 8.11. The first kappa shape index (κ1) is 16.2. The predicted octanol–water partition coefficient (Wildman–Crippen LogP) is 2.13. The second kappa shape index (κ2) is 7.25. The molecule has 0 atom stereocenters. The van der Waals surface area contributed by atoms with Crippen molar-refractivity contribution in [3.63, 3.8) is 0 Å². The average Bonchev–Trinajstić information content (AvgIpc) is 2.62. The van der Waals surface area contributed by atoms with Crippen LogP contribution >= 0.6 is 0 Å². The Morgan fingerprint density at radius 3 is 2.62 bits per heavy atom. The van der Waals surface area contributed by atoms with E-state index in [4.69, 9.17) is 4.74 Å². The third-order valence-corrected chi connectivity index (χ3v) is 3.88. The minimum absolute atomic E-state index is 0.245. The van der Waals surface area contributed by atoms with Crippen molar-refractivity contribution in [2.45, 2.75) is 13.8 Å². The van der Waals surface area contributed by atoms with Gasteiger partial charge in [-0.05, 0) is 26.0 Å². The zero-order chi connectivity index (χ0) is 16.9. The van der Waals surface area contributed by atoms with Gasteiger partial charge in [0.25, 0.3) is 0 Å². The van der Waals surface area contributed by atoms with Crippen molar-refractivity contribution in [2.75, 3.05) is 37.7 Å². The van der Waals surface area contributed by atoms with Crippen molar-refractivity contribution in [1.82, 2.24) is 19.9 Å². The molecule has 1 saturated heterocycles. The van der Waals surface area contributed by atoms with Gasteiger partial charge in [-0.2, -0.15) is 0 Å². The molecule has 7 heteroatoms. The van der Waals surface area contributed by atoms with E-state index in [1.165, 1.54) is 0 Å². The van der Waals surface area contributed by atoms with Crippen LogP contribution in [0.5, 0.6) is 0 Å². The summed E-state index contributed by atoms with van der Waals surface area (Å²) in [6, 6.07) is 7.71. The van der Waals surface area contributed by atoms with Crippen molar-refractivity contribution in [3.05, 3.63) is 36.3 Å². The van der Waals surface area contributed by atoms with E-state index in [1.807, 2.05) is 38.1 Å². The number of ether oxygens (including phenoxy) is 1. The number of hydrogen-bond acceptors (Lipinski definition) is 6. The van der Waals surface area contributed by atoms with Gasteiger partial charge in [-0.3, -0.25) is 4.98 Å². The molecule has 24 heavy (non-hydrogen) atoms. The number of carbonyl (C=O) groups is 1. The van der Waals surface area contributed by atoms with Crippen molar-refractivity contribution < 1.29 is 9.53 Å². The Kier molecular flexibility index (Phi) is 4.88. The van der Waals surface area contributed by atoms with E-state index >= 15 is 0 Å². The molecule has 1 fully saturated rings. The maximum absolute atomic E-state index is 11.8. The number of aryl methyl sites for hydroxylation is 1. The fraction of sp³-hybridized carbons (Fsp3) is 0.412. The Morgan fingerprint density at radius 2 is 1.96 bits per heavy atom. The van der Waals surface area contributed by atoms with Crippen LogP contribution in [0.3, 0.4) is 0 Å². The molecule has 1 aliphatic rings. The summed E-state index contributed by atoms with van der Waals surface area (Å²) in [6.45, 7) is 6.79. The minimum Gasteiger partial charge on any atom is -0.450 e. The van der Waals surface area contributed by atoms with E-state index in [0.29, 0.717) is 25.5 Å². The summed E-state index contributed by atoms with van der Waals surface area (Å²) in [6.07, 6.45) is 1.51. The molecule has 0 N–H and O–H groups in total. The number of amides is 1. The summed E-state index contributed by atoms with van der Waals surface area (Å²) < 4.78 is 5.05. The van der Waals surface area contributed by atoms with Crippen molar-refractivity contribution in [1.29, 1.82) is 0 Å². The Hall–Kier alpha value is -2.70. The number of carbonyl (C=O) groups excluding carboxylic acids is 1. The van der Waals surface area contributed by atoms with E-state index in [2.05, 4.69) is 19.9 Å². The summed E-state index contributed by atoms with van der Waals surface area (Å²) in [4.78, 5) is 29.1. The average molecular weight is 327 g/mol. The van der Waals surface area contributed by atoms with Gasteiger partial charge < -0.3 is 14.5 Å². The number of piperazine rings is 1. The molecule has 1 amide bonds. The zero-order valence-corrected chi connectivity index (χ0v) is 14.0. The van der Waals surface area contributed by atoms with E-state index in [9.17, 15) is 4.79 Å². The fourth-order valence-corrected chi connectivity index (χ4v) is 2.69. The Bertz CT molecular complexity index is 699. The zero-order valence-electron chi connectivity index (χ0n) is 14.0. The second-order valence-corrected chi connectivity index (χ2v) is 5.55. The molecule has 2 aromatic heterocycles. The molecule has 3 heterocycles. The number of anilines is 1. The van der Waals surface area contributed by atoms with Gasteiger partial charge in [0.15, 0.2) is 0 Å². The van der Waals surface area contributed by atoms with E-state index in [0.717, 1.165) is 30.3 Å². The fourth-order valence-electron chi connectivity index (χ4n) is 2.69. The highest BCUT2D eigenvalue weighted by molar-refractivity contribution is 5.68. The van der Waals surface area contributed by atoms with Crippen molar-refractivity contribution >= 4 is 11.9 Å². The first-order valence-corrected chi connectivity index (χ1v) is 8.11. The van der Waals surface area contributed by atoms with Crippen molar-refractivity contribution in [3.8, 4) is 11.4 Å². The van der Waals surface area contributed by atoms with Gasteiger partial charge in [0.2, 0.25) is 0 Å². The van der Waals surface area contributed by atoms with Crippen LogP contribution in [0, 0.1) is 6.92 Å². The quantitative estimate of drug-likeness (QED) is 0.860. The monoisotopic (exact) mass is 327 g/mol. The summed E-state index contributed by atoms with van der Waals surface area (Å²) in [5.41, 5.74) is 1.64. The maximum Gasteiger partial charge on any atom is 0.409 e. The highest BCUT2D eigenvalue weighted by Gasteiger charge is 2.23. The van der Waals surface area contributed by atoms with Gasteiger partial charge in [-0.25, -0.2) is 14.8 Å². The molecule has 0 bridgehead atoms. The van der Waals surface area contributed by atoms with Gasteiger partial charge in [0.05, 0.1) is 18.0 Å². The van der Waals surface area contributed by atoms with Crippen LogP contribution in [-0.4, -0.2) is 58.7 Å². The number of nitrogens with zero attached hydrogens (tertiary/aromatic N) is 5. The van der Waals surface area contributed by atoms with Gasteiger partial charge in [-0.1, -0.05) is 6.07 Å². The van der Waals surface area contributed by atoms with Crippen LogP contribution in [0.4, 0.5) is 10.6 Å². The van der Waals surface area contributed by atoms with Crippen LogP contribution < -0.4 is 4.90 Å². The van der Waals surface area contributed by atoms with Gasteiger partial charge in [0, 0.05) is 38.4 Å². The van der Waals surface area contributed by atoms with E-state index in [-0.39, 0.29) is 6.09 Å². The molecule has 7 nitrogen and oxygen atoms in total.